The van der Waals surface area contributed by atoms with Gasteiger partial charge in [-0.25, -0.2) is 0 Å². The van der Waals surface area contributed by atoms with Gasteiger partial charge in [-0.05, 0) is 47.6 Å². The molecule has 23 heavy (non-hydrogen) atoms. The largest absolute Gasteiger partial charge is 0.339 e. The molecule has 0 radical (unpaired) electrons. The van der Waals surface area contributed by atoms with Gasteiger partial charge in [0.15, 0.2) is 0 Å². The van der Waals surface area contributed by atoms with Gasteiger partial charge in [0.2, 0.25) is 11.8 Å². The van der Waals surface area contributed by atoms with Crippen molar-refractivity contribution >= 4 is 33.4 Å². The molecule has 2 N–H and O–H groups in total. The molecule has 2 rings (SSSR count). The van der Waals surface area contributed by atoms with Crippen LogP contribution < -0.4 is 10.6 Å². The summed E-state index contributed by atoms with van der Waals surface area (Å²) in [7, 11) is 1.78. The molecule has 1 fully saturated rings. The number of carbonyl (C=O) groups excluding carboxylic acids is 2. The van der Waals surface area contributed by atoms with Crippen molar-refractivity contribution in [2.24, 2.45) is 0 Å². The number of nitrogens with zero attached hydrogens (tertiary/aromatic N) is 2. The first kappa shape index (κ1) is 17.9. The molecule has 7 heteroatoms. The number of carbonyl (C=O) groups is 2. The van der Waals surface area contributed by atoms with Crippen LogP contribution in [0.1, 0.15) is 5.56 Å². The Bertz CT molecular complexity index is 573. The van der Waals surface area contributed by atoms with Gasteiger partial charge in [-0.1, -0.05) is 6.07 Å². The van der Waals surface area contributed by atoms with Gasteiger partial charge in [0.25, 0.3) is 0 Å². The highest BCUT2D eigenvalue weighted by molar-refractivity contribution is 9.10. The molecule has 1 aromatic carbocycles. The van der Waals surface area contributed by atoms with Crippen LogP contribution in [0.3, 0.4) is 0 Å². The normalized spacial score (nSPS) is 14.9. The first-order valence-electron chi connectivity index (χ1n) is 7.69. The highest BCUT2D eigenvalue weighted by Crippen LogP contribution is 2.23. The van der Waals surface area contributed by atoms with Crippen molar-refractivity contribution in [3.63, 3.8) is 0 Å². The number of hydrogen-bond acceptors (Lipinski definition) is 4. The van der Waals surface area contributed by atoms with Gasteiger partial charge < -0.3 is 15.5 Å². The summed E-state index contributed by atoms with van der Waals surface area (Å²) in [4.78, 5) is 27.8. The van der Waals surface area contributed by atoms with Crippen LogP contribution in [0.25, 0.3) is 0 Å². The molecule has 0 spiro atoms. The lowest BCUT2D eigenvalue weighted by Gasteiger charge is -2.29. The number of likely N-dealkylation sites (N-methyl/N-ethyl adjacent to an activating group) is 1. The van der Waals surface area contributed by atoms with Gasteiger partial charge in [-0.2, -0.15) is 0 Å². The monoisotopic (exact) mass is 382 g/mol. The minimum Gasteiger partial charge on any atom is -0.339 e. The van der Waals surface area contributed by atoms with Gasteiger partial charge in [0, 0.05) is 30.7 Å². The van der Waals surface area contributed by atoms with E-state index in [-0.39, 0.29) is 24.9 Å². The third-order valence-corrected chi connectivity index (χ3v) is 4.34. The molecule has 0 bridgehead atoms. The maximum atomic E-state index is 12.2. The maximum Gasteiger partial charge on any atom is 0.238 e. The maximum absolute atomic E-state index is 12.2. The molecule has 2 amide bonds. The van der Waals surface area contributed by atoms with Crippen LogP contribution in [0.2, 0.25) is 0 Å². The molecule has 0 aromatic heterocycles. The lowest BCUT2D eigenvalue weighted by Crippen LogP contribution is -2.49. The van der Waals surface area contributed by atoms with E-state index >= 15 is 0 Å². The summed E-state index contributed by atoms with van der Waals surface area (Å²) in [6, 6.07) is 5.76. The highest BCUT2D eigenvalue weighted by Gasteiger charge is 2.18. The molecule has 126 valence electrons. The predicted molar refractivity (Wildman–Crippen MR) is 94.5 cm³/mol. The smallest absolute Gasteiger partial charge is 0.238 e. The van der Waals surface area contributed by atoms with Crippen molar-refractivity contribution < 1.29 is 9.59 Å². The Balaban J connectivity index is 1.81. The number of amides is 2. The van der Waals surface area contributed by atoms with E-state index in [2.05, 4.69) is 26.6 Å². The zero-order valence-corrected chi connectivity index (χ0v) is 15.1. The van der Waals surface area contributed by atoms with Gasteiger partial charge in [0.05, 0.1) is 18.8 Å². The number of nitrogens with one attached hydrogen (secondary N) is 2. The first-order valence-corrected chi connectivity index (χ1v) is 8.48. The van der Waals surface area contributed by atoms with Crippen molar-refractivity contribution in [2.75, 3.05) is 51.6 Å². The van der Waals surface area contributed by atoms with E-state index in [0.29, 0.717) is 0 Å². The fraction of sp³-hybridized carbons (Fsp3) is 0.500. The van der Waals surface area contributed by atoms with Crippen LogP contribution in [0.15, 0.2) is 22.7 Å². The Morgan fingerprint density at radius 2 is 2.00 bits per heavy atom. The lowest BCUT2D eigenvalue weighted by atomic mass is 10.2. The number of aryl methyl sites for hydroxylation is 1. The molecule has 1 saturated heterocycles. The molecule has 1 aliphatic heterocycles. The van der Waals surface area contributed by atoms with Crippen molar-refractivity contribution in [3.05, 3.63) is 28.2 Å². The van der Waals surface area contributed by atoms with Crippen LogP contribution in [-0.4, -0.2) is 67.9 Å². The molecular weight excluding hydrogens is 360 g/mol. The van der Waals surface area contributed by atoms with Crippen LogP contribution in [-0.2, 0) is 9.59 Å². The molecule has 1 aromatic rings. The van der Waals surface area contributed by atoms with Crippen molar-refractivity contribution in [3.8, 4) is 0 Å². The quantitative estimate of drug-likeness (QED) is 0.798. The van der Waals surface area contributed by atoms with Crippen molar-refractivity contribution in [1.82, 2.24) is 15.1 Å². The Kier molecular flexibility index (Phi) is 6.56. The Morgan fingerprint density at radius 3 is 2.65 bits per heavy atom. The number of halogens is 1. The van der Waals surface area contributed by atoms with E-state index in [1.807, 2.05) is 30.0 Å². The standard InChI is InChI=1S/C16H23BrN4O2/c1-12-3-4-14(13(17)9-12)19-15(22)10-20(2)11-16(23)21-7-5-18-6-8-21/h3-4,9,18H,5-8,10-11H2,1-2H3,(H,19,22). The SMILES string of the molecule is Cc1ccc(NC(=O)CN(C)CC(=O)N2CCNCC2)c(Br)c1. The zero-order valence-electron chi connectivity index (χ0n) is 13.6. The number of anilines is 1. The Morgan fingerprint density at radius 1 is 1.30 bits per heavy atom. The fourth-order valence-electron chi connectivity index (χ4n) is 2.46. The molecule has 0 unspecified atom stereocenters. The molecular formula is C16H23BrN4O2. The number of piperazine rings is 1. The van der Waals surface area contributed by atoms with Crippen LogP contribution >= 0.6 is 15.9 Å². The minimum absolute atomic E-state index is 0.0679. The average Bonchev–Trinajstić information content (AvgIpc) is 2.50. The zero-order chi connectivity index (χ0) is 16.8. The van der Waals surface area contributed by atoms with Gasteiger partial charge in [0.1, 0.15) is 0 Å². The number of benzene rings is 1. The van der Waals surface area contributed by atoms with E-state index < -0.39 is 0 Å². The highest BCUT2D eigenvalue weighted by atomic mass is 79.9. The Hall–Kier alpha value is -1.44. The van der Waals surface area contributed by atoms with Crippen molar-refractivity contribution in [2.45, 2.75) is 6.92 Å². The van der Waals surface area contributed by atoms with Gasteiger partial charge in [-0.3, -0.25) is 14.5 Å². The average molecular weight is 383 g/mol. The summed E-state index contributed by atoms with van der Waals surface area (Å²) in [6.45, 7) is 5.55. The molecule has 6 nitrogen and oxygen atoms in total. The van der Waals surface area contributed by atoms with Crippen LogP contribution in [0.5, 0.6) is 0 Å². The minimum atomic E-state index is -0.134. The lowest BCUT2D eigenvalue weighted by molar-refractivity contribution is -0.133. The summed E-state index contributed by atoms with van der Waals surface area (Å²) in [6.07, 6.45) is 0. The Labute approximate surface area is 145 Å². The van der Waals surface area contributed by atoms with Crippen LogP contribution in [0, 0.1) is 6.92 Å². The summed E-state index contributed by atoms with van der Waals surface area (Å²) in [5.74, 6) is -0.0662. The predicted octanol–water partition coefficient (Wildman–Crippen LogP) is 1.06. The number of rotatable bonds is 5. The molecule has 1 heterocycles. The summed E-state index contributed by atoms with van der Waals surface area (Å²) < 4.78 is 0.852. The fourth-order valence-corrected chi connectivity index (χ4v) is 3.05. The van der Waals surface area contributed by atoms with E-state index in [4.69, 9.17) is 0 Å². The van der Waals surface area contributed by atoms with Crippen molar-refractivity contribution in [1.29, 1.82) is 0 Å². The second-order valence-electron chi connectivity index (χ2n) is 5.83. The number of hydrogen-bond donors (Lipinski definition) is 2. The second kappa shape index (κ2) is 8.42. The third-order valence-electron chi connectivity index (χ3n) is 3.69. The van der Waals surface area contributed by atoms with Gasteiger partial charge >= 0.3 is 0 Å². The van der Waals surface area contributed by atoms with E-state index in [0.717, 1.165) is 41.9 Å². The second-order valence-corrected chi connectivity index (χ2v) is 6.69. The summed E-state index contributed by atoms with van der Waals surface area (Å²) in [5, 5.41) is 6.07. The van der Waals surface area contributed by atoms with E-state index in [9.17, 15) is 9.59 Å². The molecule has 0 atom stereocenters. The summed E-state index contributed by atoms with van der Waals surface area (Å²) in [5.41, 5.74) is 1.86. The summed E-state index contributed by atoms with van der Waals surface area (Å²) >= 11 is 3.44. The topological polar surface area (TPSA) is 64.7 Å². The molecule has 0 saturated carbocycles. The van der Waals surface area contributed by atoms with E-state index in [1.54, 1.807) is 11.9 Å². The van der Waals surface area contributed by atoms with Crippen LogP contribution in [0.4, 0.5) is 5.69 Å². The van der Waals surface area contributed by atoms with E-state index in [1.165, 1.54) is 0 Å². The molecule has 1 aliphatic rings. The molecule has 0 aliphatic carbocycles. The first-order chi connectivity index (χ1) is 11.0. The third kappa shape index (κ3) is 5.60. The van der Waals surface area contributed by atoms with Gasteiger partial charge in [-0.15, -0.1) is 0 Å².